The average Bonchev–Trinajstić information content (AvgIpc) is 3.44. The van der Waals surface area contributed by atoms with Crippen LogP contribution in [0.25, 0.3) is 0 Å². The summed E-state index contributed by atoms with van der Waals surface area (Å²) in [5, 5.41) is 1.65. The summed E-state index contributed by atoms with van der Waals surface area (Å²) >= 11 is 6.27. The minimum Gasteiger partial charge on any atom is -0.370 e. The quantitative estimate of drug-likeness (QED) is 0.475. The monoisotopic (exact) mass is 499 g/mol. The van der Waals surface area contributed by atoms with Crippen LogP contribution in [0.1, 0.15) is 36.5 Å². The predicted molar refractivity (Wildman–Crippen MR) is 115 cm³/mol. The van der Waals surface area contributed by atoms with E-state index in [1.54, 1.807) is 0 Å². The fourth-order valence-electron chi connectivity index (χ4n) is 5.63. The maximum absolute atomic E-state index is 13.7. The predicted octanol–water partition coefficient (Wildman–Crippen LogP) is 4.99. The zero-order valence-electron chi connectivity index (χ0n) is 17.6. The highest BCUT2D eigenvalue weighted by atomic mass is 35.5. The van der Waals surface area contributed by atoms with Gasteiger partial charge in [-0.15, -0.1) is 0 Å². The summed E-state index contributed by atoms with van der Waals surface area (Å²) in [5.41, 5.74) is -0.539. The van der Waals surface area contributed by atoms with Crippen molar-refractivity contribution in [2.45, 2.75) is 41.9 Å². The molecule has 0 aromatic heterocycles. The molecule has 2 aromatic carbocycles. The number of hydrogen-bond acceptors (Lipinski definition) is 4. The van der Waals surface area contributed by atoms with E-state index in [0.717, 1.165) is 6.42 Å². The number of halogens is 4. The van der Waals surface area contributed by atoms with Gasteiger partial charge in [0.1, 0.15) is 0 Å². The first-order chi connectivity index (χ1) is 15.5. The van der Waals surface area contributed by atoms with Crippen molar-refractivity contribution in [1.29, 1.82) is 0 Å². The van der Waals surface area contributed by atoms with E-state index in [0.29, 0.717) is 31.6 Å². The topological polar surface area (TPSA) is 75.8 Å². The highest BCUT2D eigenvalue weighted by molar-refractivity contribution is 7.92. The number of carbonyl (C=O) groups is 1. The van der Waals surface area contributed by atoms with Crippen LogP contribution in [0.3, 0.4) is 0 Å². The summed E-state index contributed by atoms with van der Waals surface area (Å²) in [6.45, 7) is 2.72. The van der Waals surface area contributed by atoms with Crippen molar-refractivity contribution in [2.75, 3.05) is 11.9 Å². The van der Waals surface area contributed by atoms with Gasteiger partial charge in [0, 0.05) is 23.4 Å². The lowest BCUT2D eigenvalue weighted by atomic mass is 9.79. The molecule has 10 heteroatoms. The van der Waals surface area contributed by atoms with Crippen LogP contribution in [-0.4, -0.2) is 31.8 Å². The van der Waals surface area contributed by atoms with E-state index >= 15 is 0 Å². The SMILES string of the molecule is C[C@H]1CC2C[C@]3(CO3)CC1C2S(=O)(=O)c1cc(C(=O)Nc2cc(F)c(F)c(F)c2)ccc1Cl. The Labute approximate surface area is 194 Å². The lowest BCUT2D eigenvalue weighted by Crippen LogP contribution is -2.41. The largest absolute Gasteiger partial charge is 0.370 e. The Hall–Kier alpha value is -2.10. The molecule has 1 aliphatic heterocycles. The molecule has 2 aromatic rings. The molecule has 3 fully saturated rings. The van der Waals surface area contributed by atoms with Gasteiger partial charge in [0.25, 0.3) is 5.91 Å². The molecule has 2 bridgehead atoms. The second-order valence-electron chi connectivity index (χ2n) is 9.38. The highest BCUT2D eigenvalue weighted by Crippen LogP contribution is 2.58. The van der Waals surface area contributed by atoms with E-state index in [4.69, 9.17) is 16.3 Å². The minimum atomic E-state index is -3.87. The molecule has 176 valence electrons. The van der Waals surface area contributed by atoms with Crippen LogP contribution in [-0.2, 0) is 14.6 Å². The van der Waals surface area contributed by atoms with Gasteiger partial charge in [0.15, 0.2) is 27.3 Å². The highest BCUT2D eigenvalue weighted by Gasteiger charge is 2.61. The third kappa shape index (κ3) is 3.84. The van der Waals surface area contributed by atoms with Crippen LogP contribution in [0.5, 0.6) is 0 Å². The second kappa shape index (κ2) is 7.71. The molecule has 1 saturated heterocycles. The summed E-state index contributed by atoms with van der Waals surface area (Å²) < 4.78 is 73.2. The molecule has 5 atom stereocenters. The summed E-state index contributed by atoms with van der Waals surface area (Å²) in [7, 11) is -3.87. The molecule has 2 saturated carbocycles. The van der Waals surface area contributed by atoms with Gasteiger partial charge in [-0.3, -0.25) is 4.79 Å². The summed E-state index contributed by atoms with van der Waals surface area (Å²) in [6.07, 6.45) is 2.17. The molecule has 33 heavy (non-hydrogen) atoms. The normalized spacial score (nSPS) is 30.5. The zero-order valence-corrected chi connectivity index (χ0v) is 19.2. The zero-order chi connectivity index (χ0) is 23.7. The van der Waals surface area contributed by atoms with Crippen LogP contribution < -0.4 is 5.32 Å². The Morgan fingerprint density at radius 3 is 2.42 bits per heavy atom. The number of nitrogens with one attached hydrogen (secondary N) is 1. The molecule has 5 rings (SSSR count). The Morgan fingerprint density at radius 1 is 1.15 bits per heavy atom. The first-order valence-electron chi connectivity index (χ1n) is 10.6. The van der Waals surface area contributed by atoms with Crippen molar-refractivity contribution in [3.8, 4) is 0 Å². The number of hydrogen-bond donors (Lipinski definition) is 1. The lowest BCUT2D eigenvalue weighted by Gasteiger charge is -2.34. The van der Waals surface area contributed by atoms with E-state index in [2.05, 4.69) is 12.2 Å². The number of amides is 1. The van der Waals surface area contributed by atoms with Crippen molar-refractivity contribution in [3.63, 3.8) is 0 Å². The number of rotatable bonds is 4. The van der Waals surface area contributed by atoms with Gasteiger partial charge < -0.3 is 10.1 Å². The molecule has 3 aliphatic rings. The van der Waals surface area contributed by atoms with Gasteiger partial charge in [-0.05, 0) is 55.2 Å². The Kier molecular flexibility index (Phi) is 5.30. The number of benzene rings is 2. The second-order valence-corrected chi connectivity index (χ2v) is 11.9. The molecule has 5 nitrogen and oxygen atoms in total. The summed E-state index contributed by atoms with van der Waals surface area (Å²) in [6, 6.07) is 5.10. The Balaban J connectivity index is 1.44. The van der Waals surface area contributed by atoms with Gasteiger partial charge >= 0.3 is 0 Å². The van der Waals surface area contributed by atoms with Crippen molar-refractivity contribution < 1.29 is 31.1 Å². The number of fused-ring (bicyclic) bond motifs is 2. The van der Waals surface area contributed by atoms with Crippen molar-refractivity contribution >= 4 is 33.0 Å². The van der Waals surface area contributed by atoms with E-state index < -0.39 is 38.4 Å². The number of epoxide rings is 1. The molecular weight excluding hydrogens is 479 g/mol. The molecule has 1 spiro atoms. The van der Waals surface area contributed by atoms with Gasteiger partial charge in [-0.1, -0.05) is 18.5 Å². The van der Waals surface area contributed by atoms with E-state index in [1.165, 1.54) is 18.2 Å². The lowest BCUT2D eigenvalue weighted by molar-refractivity contribution is 0.102. The molecule has 2 aliphatic carbocycles. The van der Waals surface area contributed by atoms with Crippen LogP contribution >= 0.6 is 11.6 Å². The Bertz CT molecular complexity index is 1240. The van der Waals surface area contributed by atoms with E-state index in [9.17, 15) is 26.4 Å². The minimum absolute atomic E-state index is 0.000401. The smallest absolute Gasteiger partial charge is 0.255 e. The average molecular weight is 500 g/mol. The first kappa shape index (κ1) is 22.7. The van der Waals surface area contributed by atoms with Gasteiger partial charge in [0.2, 0.25) is 0 Å². The molecule has 3 unspecified atom stereocenters. The fourth-order valence-corrected chi connectivity index (χ4v) is 8.53. The first-order valence-corrected chi connectivity index (χ1v) is 12.6. The third-order valence-electron chi connectivity index (χ3n) is 7.19. The molecule has 1 N–H and O–H groups in total. The van der Waals surface area contributed by atoms with Crippen LogP contribution in [0.2, 0.25) is 5.02 Å². The third-order valence-corrected chi connectivity index (χ3v) is 10.0. The standard InChI is InChI=1S/C23H21ClF3NO4S/c1-11-4-13-8-23(10-32-23)9-15(11)21(13)33(30,31)19-5-12(2-3-16(19)24)22(29)28-14-6-17(25)20(27)18(26)7-14/h2-3,5-7,11,13,15,21H,4,8-10H2,1H3,(H,28,29)/t11-,13?,15?,21?,23+/m0/s1. The van der Waals surface area contributed by atoms with E-state index in [1.807, 2.05) is 0 Å². The maximum atomic E-state index is 13.7. The number of carbonyl (C=O) groups excluding carboxylic acids is 1. The number of sulfone groups is 1. The van der Waals surface area contributed by atoms with Gasteiger partial charge in [-0.25, -0.2) is 21.6 Å². The van der Waals surface area contributed by atoms with Crippen molar-refractivity contribution in [1.82, 2.24) is 0 Å². The number of anilines is 1. The van der Waals surface area contributed by atoms with Crippen molar-refractivity contribution in [2.24, 2.45) is 17.8 Å². The maximum Gasteiger partial charge on any atom is 0.255 e. The van der Waals surface area contributed by atoms with E-state index in [-0.39, 0.29) is 44.5 Å². The van der Waals surface area contributed by atoms with Crippen LogP contribution in [0.15, 0.2) is 35.2 Å². The molecule has 1 heterocycles. The summed E-state index contributed by atoms with van der Waals surface area (Å²) in [5.74, 6) is -5.25. The Morgan fingerprint density at radius 2 is 1.82 bits per heavy atom. The van der Waals surface area contributed by atoms with Crippen LogP contribution in [0.4, 0.5) is 18.9 Å². The van der Waals surface area contributed by atoms with Gasteiger partial charge in [-0.2, -0.15) is 0 Å². The number of ether oxygens (including phenoxy) is 1. The molecule has 0 radical (unpaired) electrons. The molecule has 1 amide bonds. The van der Waals surface area contributed by atoms with Crippen molar-refractivity contribution in [3.05, 3.63) is 58.4 Å². The fraction of sp³-hybridized carbons (Fsp3) is 0.435. The molecular formula is C23H21ClF3NO4S. The summed E-state index contributed by atoms with van der Waals surface area (Å²) in [4.78, 5) is 12.5. The van der Waals surface area contributed by atoms with Crippen LogP contribution in [0, 0.1) is 35.2 Å². The van der Waals surface area contributed by atoms with Gasteiger partial charge in [0.05, 0.1) is 27.4 Å².